The Labute approximate surface area is 224 Å². The summed E-state index contributed by atoms with van der Waals surface area (Å²) >= 11 is 0. The first-order chi connectivity index (χ1) is 17.2. The molecule has 0 aromatic heterocycles. The van der Waals surface area contributed by atoms with Crippen LogP contribution in [-0.4, -0.2) is 46.1 Å². The molecule has 0 amide bonds. The van der Waals surface area contributed by atoms with Crippen molar-refractivity contribution >= 4 is 11.9 Å². The van der Waals surface area contributed by atoms with E-state index >= 15 is 0 Å². The lowest BCUT2D eigenvalue weighted by Gasteiger charge is -2.67. The summed E-state index contributed by atoms with van der Waals surface area (Å²) in [6.45, 7) is 14.4. The van der Waals surface area contributed by atoms with Gasteiger partial charge < -0.3 is 19.7 Å². The molecular formula is C31H52O6. The molecule has 0 aromatic carbocycles. The van der Waals surface area contributed by atoms with E-state index in [0.29, 0.717) is 30.6 Å². The van der Waals surface area contributed by atoms with Crippen LogP contribution in [0.5, 0.6) is 0 Å². The number of carbonyl (C=O) groups excluding carboxylic acids is 2. The number of aliphatic hydroxyl groups excluding tert-OH is 1. The summed E-state index contributed by atoms with van der Waals surface area (Å²) in [7, 11) is 0. The van der Waals surface area contributed by atoms with Crippen molar-refractivity contribution in [3.63, 3.8) is 0 Å². The SMILES string of the molecule is CC(=O)O[C@@H]1[C@H]2[C@@H]3CC[C@H]([C@H](C)CCCC(C)C)[C@@]3(C)CC[C@@H]2[C@@]2(C)CC[C@H](O)C[C@]2(O)[C@@H]1OC(C)=O. The molecule has 4 aliphatic rings. The topological polar surface area (TPSA) is 93.1 Å². The summed E-state index contributed by atoms with van der Waals surface area (Å²) in [6.07, 6.45) is 7.22. The Morgan fingerprint density at radius 2 is 1.59 bits per heavy atom. The minimum atomic E-state index is -1.44. The van der Waals surface area contributed by atoms with Gasteiger partial charge in [-0.15, -0.1) is 0 Å². The lowest BCUT2D eigenvalue weighted by molar-refractivity contribution is -0.303. The van der Waals surface area contributed by atoms with Crippen molar-refractivity contribution in [1.82, 2.24) is 0 Å². The Bertz CT molecular complexity index is 857. The third kappa shape index (κ3) is 4.88. The molecule has 0 aromatic rings. The first-order valence-electron chi connectivity index (χ1n) is 15.0. The van der Waals surface area contributed by atoms with Gasteiger partial charge in [-0.05, 0) is 73.5 Å². The normalized spacial score (nSPS) is 45.9. The Hall–Kier alpha value is -1.14. The number of ether oxygens (including phenoxy) is 2. The molecule has 0 unspecified atom stereocenters. The van der Waals surface area contributed by atoms with Crippen LogP contribution in [-0.2, 0) is 19.1 Å². The van der Waals surface area contributed by atoms with Crippen LogP contribution < -0.4 is 0 Å². The summed E-state index contributed by atoms with van der Waals surface area (Å²) in [5.41, 5.74) is -1.82. The molecular weight excluding hydrogens is 468 g/mol. The Morgan fingerprint density at radius 3 is 2.22 bits per heavy atom. The highest BCUT2D eigenvalue weighted by atomic mass is 16.6. The van der Waals surface area contributed by atoms with E-state index in [-0.39, 0.29) is 23.7 Å². The molecule has 4 saturated carbocycles. The minimum Gasteiger partial charge on any atom is -0.458 e. The zero-order valence-corrected chi connectivity index (χ0v) is 24.3. The molecule has 0 saturated heterocycles. The Balaban J connectivity index is 1.72. The highest BCUT2D eigenvalue weighted by Crippen LogP contribution is 2.70. The van der Waals surface area contributed by atoms with Crippen molar-refractivity contribution in [3.05, 3.63) is 0 Å². The van der Waals surface area contributed by atoms with Crippen LogP contribution in [0, 0.1) is 46.3 Å². The smallest absolute Gasteiger partial charge is 0.303 e. The molecule has 0 spiro atoms. The predicted molar refractivity (Wildman–Crippen MR) is 142 cm³/mol. The molecule has 0 aliphatic heterocycles. The van der Waals surface area contributed by atoms with Gasteiger partial charge >= 0.3 is 11.9 Å². The lowest BCUT2D eigenvalue weighted by Crippen LogP contribution is -2.74. The first-order valence-corrected chi connectivity index (χ1v) is 15.0. The summed E-state index contributed by atoms with van der Waals surface area (Å²) in [5.74, 6) is 1.62. The van der Waals surface area contributed by atoms with Gasteiger partial charge in [0, 0.05) is 31.6 Å². The van der Waals surface area contributed by atoms with Gasteiger partial charge in [-0.1, -0.05) is 53.9 Å². The van der Waals surface area contributed by atoms with E-state index in [9.17, 15) is 19.8 Å². The number of aliphatic hydroxyl groups is 2. The Morgan fingerprint density at radius 1 is 0.919 bits per heavy atom. The largest absolute Gasteiger partial charge is 0.458 e. The number of hydrogen-bond acceptors (Lipinski definition) is 6. The number of hydrogen-bond donors (Lipinski definition) is 2. The average molecular weight is 521 g/mol. The maximum atomic E-state index is 12.5. The number of rotatable bonds is 7. The van der Waals surface area contributed by atoms with Gasteiger partial charge in [-0.3, -0.25) is 9.59 Å². The second-order valence-corrected chi connectivity index (χ2v) is 14.2. The van der Waals surface area contributed by atoms with Gasteiger partial charge in [0.15, 0.2) is 6.10 Å². The lowest BCUT2D eigenvalue weighted by atomic mass is 9.41. The summed E-state index contributed by atoms with van der Waals surface area (Å²) < 4.78 is 11.9. The van der Waals surface area contributed by atoms with Crippen molar-refractivity contribution in [2.24, 2.45) is 46.3 Å². The fourth-order valence-corrected chi connectivity index (χ4v) is 9.89. The van der Waals surface area contributed by atoms with Crippen molar-refractivity contribution in [3.8, 4) is 0 Å². The van der Waals surface area contributed by atoms with Gasteiger partial charge in [0.2, 0.25) is 0 Å². The van der Waals surface area contributed by atoms with Crippen LogP contribution in [0.3, 0.4) is 0 Å². The molecule has 0 bridgehead atoms. The molecule has 11 atom stereocenters. The van der Waals surface area contributed by atoms with Crippen molar-refractivity contribution in [1.29, 1.82) is 0 Å². The third-order valence-corrected chi connectivity index (χ3v) is 11.6. The van der Waals surface area contributed by atoms with Crippen LogP contribution in [0.1, 0.15) is 113 Å². The third-order valence-electron chi connectivity index (χ3n) is 11.6. The van der Waals surface area contributed by atoms with Gasteiger partial charge in [-0.2, -0.15) is 0 Å². The van der Waals surface area contributed by atoms with Gasteiger partial charge in [-0.25, -0.2) is 0 Å². The quantitative estimate of drug-likeness (QED) is 0.420. The van der Waals surface area contributed by atoms with E-state index in [4.69, 9.17) is 9.47 Å². The predicted octanol–water partition coefficient (Wildman–Crippen LogP) is 5.67. The first kappa shape index (κ1) is 28.9. The fourth-order valence-electron chi connectivity index (χ4n) is 9.89. The average Bonchev–Trinajstić information content (AvgIpc) is 3.14. The molecule has 37 heavy (non-hydrogen) atoms. The molecule has 2 N–H and O–H groups in total. The van der Waals surface area contributed by atoms with Crippen LogP contribution in [0.25, 0.3) is 0 Å². The molecule has 0 radical (unpaired) electrons. The minimum absolute atomic E-state index is 0.0281. The number of esters is 2. The standard InChI is InChI=1S/C31H52O6/c1-18(2)9-8-10-19(3)23-11-12-24-26-25(14-15-29(23,24)6)30(7)16-13-22(34)17-31(30,35)28(37-21(5)33)27(26)36-20(4)32/h18-19,22-28,34-35H,8-17H2,1-7H3/t19-,22+,23-,24+,25+,26+,27-,28-,29-,30-,31+/m1/s1. The van der Waals surface area contributed by atoms with E-state index in [1.807, 2.05) is 0 Å². The molecule has 4 fully saturated rings. The Kier molecular flexibility index (Phi) is 8.15. The fraction of sp³-hybridized carbons (Fsp3) is 0.935. The second-order valence-electron chi connectivity index (χ2n) is 14.2. The highest BCUT2D eigenvalue weighted by molar-refractivity contribution is 5.67. The van der Waals surface area contributed by atoms with Crippen molar-refractivity contribution in [2.45, 2.75) is 137 Å². The molecule has 6 nitrogen and oxygen atoms in total. The van der Waals surface area contributed by atoms with E-state index < -0.39 is 41.3 Å². The molecule has 0 heterocycles. The highest BCUT2D eigenvalue weighted by Gasteiger charge is 2.72. The maximum absolute atomic E-state index is 12.5. The summed E-state index contributed by atoms with van der Waals surface area (Å²) in [5, 5.41) is 22.9. The van der Waals surface area contributed by atoms with Crippen LogP contribution in [0.4, 0.5) is 0 Å². The summed E-state index contributed by atoms with van der Waals surface area (Å²) in [6, 6.07) is 0. The molecule has 6 heteroatoms. The van der Waals surface area contributed by atoms with E-state index in [2.05, 4.69) is 34.6 Å². The zero-order valence-electron chi connectivity index (χ0n) is 24.3. The maximum Gasteiger partial charge on any atom is 0.303 e. The zero-order chi connectivity index (χ0) is 27.3. The monoisotopic (exact) mass is 520 g/mol. The van der Waals surface area contributed by atoms with E-state index in [0.717, 1.165) is 25.2 Å². The summed E-state index contributed by atoms with van der Waals surface area (Å²) in [4.78, 5) is 24.8. The van der Waals surface area contributed by atoms with Crippen molar-refractivity contribution in [2.75, 3.05) is 0 Å². The van der Waals surface area contributed by atoms with Gasteiger partial charge in [0.25, 0.3) is 0 Å². The van der Waals surface area contributed by atoms with Crippen LogP contribution >= 0.6 is 0 Å². The van der Waals surface area contributed by atoms with Crippen LogP contribution in [0.15, 0.2) is 0 Å². The van der Waals surface area contributed by atoms with Gasteiger partial charge in [0.1, 0.15) is 11.7 Å². The number of carbonyl (C=O) groups is 2. The molecule has 4 rings (SSSR count). The van der Waals surface area contributed by atoms with Gasteiger partial charge in [0.05, 0.1) is 6.10 Å². The van der Waals surface area contributed by atoms with Crippen molar-refractivity contribution < 1.29 is 29.3 Å². The van der Waals surface area contributed by atoms with E-state index in [1.165, 1.54) is 39.5 Å². The number of fused-ring (bicyclic) bond motifs is 5. The van der Waals surface area contributed by atoms with Crippen LogP contribution in [0.2, 0.25) is 0 Å². The molecule has 212 valence electrons. The second kappa shape index (κ2) is 10.4. The van der Waals surface area contributed by atoms with E-state index in [1.54, 1.807) is 0 Å². The molecule has 4 aliphatic carbocycles.